The highest BCUT2D eigenvalue weighted by atomic mass is 16.2. The Kier molecular flexibility index (Phi) is 7.10. The minimum Gasteiger partial charge on any atom is -0.357 e. The summed E-state index contributed by atoms with van der Waals surface area (Å²) in [7, 11) is 3.51. The van der Waals surface area contributed by atoms with Crippen LogP contribution in [0.2, 0.25) is 0 Å². The Morgan fingerprint density at radius 2 is 2.15 bits per heavy atom. The van der Waals surface area contributed by atoms with E-state index < -0.39 is 0 Å². The van der Waals surface area contributed by atoms with Crippen molar-refractivity contribution in [2.45, 2.75) is 19.9 Å². The Balaban J connectivity index is 2.45. The summed E-state index contributed by atoms with van der Waals surface area (Å²) in [6, 6.07) is 5.75. The van der Waals surface area contributed by atoms with Crippen molar-refractivity contribution in [3.05, 3.63) is 30.1 Å². The molecule has 0 aliphatic carbocycles. The average molecular weight is 277 g/mol. The molecule has 0 aromatic carbocycles. The summed E-state index contributed by atoms with van der Waals surface area (Å²) < 4.78 is 0. The summed E-state index contributed by atoms with van der Waals surface area (Å²) in [5.41, 5.74) is 0.911. The van der Waals surface area contributed by atoms with Gasteiger partial charge in [0.2, 0.25) is 5.91 Å². The molecule has 1 heterocycles. The quantitative estimate of drug-likeness (QED) is 0.590. The fraction of sp³-hybridized carbons (Fsp3) is 0.500. The van der Waals surface area contributed by atoms with Gasteiger partial charge in [-0.3, -0.25) is 9.78 Å². The molecule has 1 aromatic heterocycles. The van der Waals surface area contributed by atoms with E-state index in [0.717, 1.165) is 12.2 Å². The maximum atomic E-state index is 11.5. The number of nitrogens with one attached hydrogen (secondary N) is 2. The molecule has 0 spiro atoms. The first-order valence-electron chi connectivity index (χ1n) is 6.75. The molecule has 0 atom stereocenters. The number of pyridine rings is 1. The first kappa shape index (κ1) is 15.9. The van der Waals surface area contributed by atoms with E-state index in [1.54, 1.807) is 25.2 Å². The van der Waals surface area contributed by atoms with Crippen molar-refractivity contribution in [3.8, 4) is 0 Å². The standard InChI is InChI=1S/C14H23N5O/c1-4-15-14(17-10-8-13(20)19(2)3)18-11-12-7-5-6-9-16-12/h5-7,9H,4,8,10-11H2,1-3H3,(H2,15,17,18). The van der Waals surface area contributed by atoms with Gasteiger partial charge in [-0.15, -0.1) is 0 Å². The lowest BCUT2D eigenvalue weighted by Gasteiger charge is -2.13. The normalized spacial score (nSPS) is 11.1. The molecule has 6 heteroatoms. The van der Waals surface area contributed by atoms with Gasteiger partial charge in [0.15, 0.2) is 5.96 Å². The maximum absolute atomic E-state index is 11.5. The summed E-state index contributed by atoms with van der Waals surface area (Å²) in [5.74, 6) is 0.794. The van der Waals surface area contributed by atoms with E-state index in [1.165, 1.54) is 0 Å². The SMILES string of the molecule is CCNC(=NCc1ccccn1)NCCC(=O)N(C)C. The molecule has 1 aromatic rings. The molecule has 0 saturated heterocycles. The average Bonchev–Trinajstić information content (AvgIpc) is 2.45. The van der Waals surface area contributed by atoms with Gasteiger partial charge < -0.3 is 15.5 Å². The lowest BCUT2D eigenvalue weighted by Crippen LogP contribution is -2.39. The number of amides is 1. The summed E-state index contributed by atoms with van der Waals surface area (Å²) in [4.78, 5) is 21.7. The van der Waals surface area contributed by atoms with E-state index in [4.69, 9.17) is 0 Å². The third-order valence-corrected chi connectivity index (χ3v) is 2.60. The van der Waals surface area contributed by atoms with Crippen LogP contribution in [-0.2, 0) is 11.3 Å². The molecule has 2 N–H and O–H groups in total. The van der Waals surface area contributed by atoms with Gasteiger partial charge in [0.05, 0.1) is 12.2 Å². The smallest absolute Gasteiger partial charge is 0.223 e. The molecule has 0 radical (unpaired) electrons. The Morgan fingerprint density at radius 1 is 1.35 bits per heavy atom. The van der Waals surface area contributed by atoms with E-state index in [1.807, 2.05) is 25.1 Å². The van der Waals surface area contributed by atoms with Gasteiger partial charge in [-0.2, -0.15) is 0 Å². The van der Waals surface area contributed by atoms with Crippen LogP contribution in [0, 0.1) is 0 Å². The summed E-state index contributed by atoms with van der Waals surface area (Å²) >= 11 is 0. The zero-order valence-electron chi connectivity index (χ0n) is 12.4. The van der Waals surface area contributed by atoms with Crippen molar-refractivity contribution >= 4 is 11.9 Å². The van der Waals surface area contributed by atoms with Crippen molar-refractivity contribution < 1.29 is 4.79 Å². The largest absolute Gasteiger partial charge is 0.357 e. The Morgan fingerprint density at radius 3 is 2.75 bits per heavy atom. The van der Waals surface area contributed by atoms with Crippen LogP contribution < -0.4 is 10.6 Å². The Hall–Kier alpha value is -2.11. The van der Waals surface area contributed by atoms with Gasteiger partial charge in [0.1, 0.15) is 0 Å². The predicted molar refractivity (Wildman–Crippen MR) is 80.4 cm³/mol. The Labute approximate surface area is 120 Å². The monoisotopic (exact) mass is 277 g/mol. The van der Waals surface area contributed by atoms with E-state index in [9.17, 15) is 4.79 Å². The lowest BCUT2D eigenvalue weighted by molar-refractivity contribution is -0.128. The van der Waals surface area contributed by atoms with Gasteiger partial charge in [0, 0.05) is 39.8 Å². The van der Waals surface area contributed by atoms with Crippen molar-refractivity contribution in [1.29, 1.82) is 0 Å². The number of carbonyl (C=O) groups is 1. The van der Waals surface area contributed by atoms with E-state index in [2.05, 4.69) is 20.6 Å². The van der Waals surface area contributed by atoms with E-state index in [-0.39, 0.29) is 5.91 Å². The maximum Gasteiger partial charge on any atom is 0.223 e. The molecule has 0 fully saturated rings. The van der Waals surface area contributed by atoms with Crippen molar-refractivity contribution in [1.82, 2.24) is 20.5 Å². The van der Waals surface area contributed by atoms with Crippen LogP contribution in [0.4, 0.5) is 0 Å². The first-order valence-corrected chi connectivity index (χ1v) is 6.75. The summed E-state index contributed by atoms with van der Waals surface area (Å²) in [5, 5.41) is 6.28. The number of carbonyl (C=O) groups excluding carboxylic acids is 1. The predicted octanol–water partition coefficient (Wildman–Crippen LogP) is 0.615. The number of hydrogen-bond donors (Lipinski definition) is 2. The van der Waals surface area contributed by atoms with Gasteiger partial charge in [0.25, 0.3) is 0 Å². The lowest BCUT2D eigenvalue weighted by atomic mass is 10.3. The van der Waals surface area contributed by atoms with Crippen molar-refractivity contribution in [2.75, 3.05) is 27.2 Å². The summed E-state index contributed by atoms with van der Waals surface area (Å²) in [6.07, 6.45) is 2.20. The number of rotatable bonds is 6. The summed E-state index contributed by atoms with van der Waals surface area (Å²) in [6.45, 7) is 3.85. The van der Waals surface area contributed by atoms with Crippen LogP contribution in [0.1, 0.15) is 19.0 Å². The van der Waals surface area contributed by atoms with Crippen molar-refractivity contribution in [2.24, 2.45) is 4.99 Å². The highest BCUT2D eigenvalue weighted by molar-refractivity contribution is 5.81. The fourth-order valence-corrected chi connectivity index (χ4v) is 1.50. The minimum atomic E-state index is 0.0954. The van der Waals surface area contributed by atoms with E-state index >= 15 is 0 Å². The van der Waals surface area contributed by atoms with E-state index in [0.29, 0.717) is 25.5 Å². The molecular weight excluding hydrogens is 254 g/mol. The number of aliphatic imine (C=N–C) groups is 1. The Bertz CT molecular complexity index is 430. The van der Waals surface area contributed by atoms with Crippen LogP contribution in [0.15, 0.2) is 29.4 Å². The van der Waals surface area contributed by atoms with Crippen LogP contribution in [-0.4, -0.2) is 48.9 Å². The molecular formula is C14H23N5O. The molecule has 1 amide bonds. The highest BCUT2D eigenvalue weighted by Crippen LogP contribution is 1.95. The molecule has 20 heavy (non-hydrogen) atoms. The first-order chi connectivity index (χ1) is 9.63. The molecule has 0 aliphatic heterocycles. The molecule has 0 bridgehead atoms. The number of aromatic nitrogens is 1. The number of guanidine groups is 1. The second-order valence-corrected chi connectivity index (χ2v) is 4.48. The van der Waals surface area contributed by atoms with Gasteiger partial charge in [-0.1, -0.05) is 6.07 Å². The second kappa shape index (κ2) is 8.90. The molecule has 6 nitrogen and oxygen atoms in total. The third kappa shape index (κ3) is 6.17. The van der Waals surface area contributed by atoms with Crippen LogP contribution in [0.5, 0.6) is 0 Å². The van der Waals surface area contributed by atoms with Gasteiger partial charge in [-0.25, -0.2) is 4.99 Å². The highest BCUT2D eigenvalue weighted by Gasteiger charge is 2.04. The second-order valence-electron chi connectivity index (χ2n) is 4.48. The minimum absolute atomic E-state index is 0.0954. The van der Waals surface area contributed by atoms with Crippen LogP contribution >= 0.6 is 0 Å². The zero-order valence-corrected chi connectivity index (χ0v) is 12.4. The molecule has 0 aliphatic rings. The van der Waals surface area contributed by atoms with Crippen LogP contribution in [0.3, 0.4) is 0 Å². The van der Waals surface area contributed by atoms with Crippen LogP contribution in [0.25, 0.3) is 0 Å². The zero-order chi connectivity index (χ0) is 14.8. The van der Waals surface area contributed by atoms with Gasteiger partial charge in [-0.05, 0) is 19.1 Å². The topological polar surface area (TPSA) is 69.6 Å². The van der Waals surface area contributed by atoms with Gasteiger partial charge >= 0.3 is 0 Å². The molecule has 0 saturated carbocycles. The molecule has 0 unspecified atom stereocenters. The number of hydrogen-bond acceptors (Lipinski definition) is 3. The molecule has 110 valence electrons. The number of nitrogens with zero attached hydrogens (tertiary/aromatic N) is 3. The molecule has 1 rings (SSSR count). The fourth-order valence-electron chi connectivity index (χ4n) is 1.50. The third-order valence-electron chi connectivity index (χ3n) is 2.60. The van der Waals surface area contributed by atoms with Crippen molar-refractivity contribution in [3.63, 3.8) is 0 Å².